The Balaban J connectivity index is 1.27. The minimum absolute atomic E-state index is 0.00363. The lowest BCUT2D eigenvalue weighted by molar-refractivity contribution is -0.125. The molecule has 32 heavy (non-hydrogen) atoms. The Hall–Kier alpha value is -3.45. The van der Waals surface area contributed by atoms with Gasteiger partial charge in [0.25, 0.3) is 0 Å². The van der Waals surface area contributed by atoms with Crippen molar-refractivity contribution in [2.45, 2.75) is 32.4 Å². The molecule has 1 saturated carbocycles. The molecule has 0 saturated heterocycles. The number of hydrogen-bond donors (Lipinski definition) is 2. The first-order valence-electron chi connectivity index (χ1n) is 10.9. The van der Waals surface area contributed by atoms with Crippen LogP contribution in [0.2, 0.25) is 0 Å². The lowest BCUT2D eigenvalue weighted by atomic mass is 9.90. The van der Waals surface area contributed by atoms with Gasteiger partial charge in [0.1, 0.15) is 17.2 Å². The molecule has 2 aliphatic rings. The van der Waals surface area contributed by atoms with Gasteiger partial charge in [-0.25, -0.2) is 4.98 Å². The maximum absolute atomic E-state index is 12.7. The molecular weight excluding hydrogens is 404 g/mol. The van der Waals surface area contributed by atoms with Crippen molar-refractivity contribution in [1.82, 2.24) is 9.88 Å². The Labute approximate surface area is 186 Å². The van der Waals surface area contributed by atoms with Crippen LogP contribution in [0.15, 0.2) is 47.0 Å². The number of hydrogen-bond acceptors (Lipinski definition) is 5. The van der Waals surface area contributed by atoms with Gasteiger partial charge in [0.05, 0.1) is 6.54 Å². The van der Waals surface area contributed by atoms with E-state index in [1.165, 1.54) is 6.08 Å². The molecule has 2 aromatic heterocycles. The molecular formula is C25H26N4O3. The number of furan rings is 1. The first kappa shape index (κ1) is 20.5. The van der Waals surface area contributed by atoms with Gasteiger partial charge in [-0.1, -0.05) is 18.2 Å². The number of benzene rings is 1. The number of likely N-dealkylation sites (N-methyl/N-ethyl adjacent to an activating group) is 1. The summed E-state index contributed by atoms with van der Waals surface area (Å²) in [4.78, 5) is 31.0. The zero-order chi connectivity index (χ0) is 22.4. The molecule has 7 heteroatoms. The van der Waals surface area contributed by atoms with Crippen LogP contribution in [-0.4, -0.2) is 34.8 Å². The zero-order valence-electron chi connectivity index (χ0n) is 18.2. The molecule has 3 N–H and O–H groups in total. The number of carbonyl (C=O) groups excluding carboxylic acids is 2. The van der Waals surface area contributed by atoms with Crippen molar-refractivity contribution >= 4 is 34.7 Å². The Morgan fingerprint density at radius 1 is 1.38 bits per heavy atom. The molecule has 0 radical (unpaired) electrons. The van der Waals surface area contributed by atoms with Crippen LogP contribution in [0.5, 0.6) is 0 Å². The average molecular weight is 431 g/mol. The van der Waals surface area contributed by atoms with Crippen molar-refractivity contribution in [3.8, 4) is 0 Å². The number of rotatable bonds is 5. The van der Waals surface area contributed by atoms with Crippen LogP contribution < -0.4 is 11.1 Å². The van der Waals surface area contributed by atoms with E-state index in [9.17, 15) is 9.59 Å². The fourth-order valence-electron chi connectivity index (χ4n) is 4.44. The van der Waals surface area contributed by atoms with Gasteiger partial charge in [0.15, 0.2) is 0 Å². The monoisotopic (exact) mass is 430 g/mol. The highest BCUT2D eigenvalue weighted by Crippen LogP contribution is 2.40. The number of anilines is 1. The van der Waals surface area contributed by atoms with Crippen molar-refractivity contribution in [2.75, 3.05) is 12.4 Å². The van der Waals surface area contributed by atoms with Gasteiger partial charge in [-0.05, 0) is 55.0 Å². The lowest BCUT2D eigenvalue weighted by Crippen LogP contribution is -2.33. The molecule has 164 valence electrons. The number of nitrogens with zero attached hydrogens (tertiary/aromatic N) is 2. The van der Waals surface area contributed by atoms with Crippen LogP contribution in [0.3, 0.4) is 0 Å². The third-order valence-corrected chi connectivity index (χ3v) is 6.53. The van der Waals surface area contributed by atoms with E-state index in [2.05, 4.69) is 10.3 Å². The summed E-state index contributed by atoms with van der Waals surface area (Å²) in [5.41, 5.74) is 9.63. The topological polar surface area (TPSA) is 101 Å². The molecule has 1 aliphatic carbocycles. The molecule has 3 unspecified atom stereocenters. The highest BCUT2D eigenvalue weighted by molar-refractivity contribution is 5.95. The van der Waals surface area contributed by atoms with E-state index in [1.54, 1.807) is 24.2 Å². The Kier molecular flexibility index (Phi) is 5.06. The predicted octanol–water partition coefficient (Wildman–Crippen LogP) is 3.27. The average Bonchev–Trinajstić information content (AvgIpc) is 3.43. The van der Waals surface area contributed by atoms with Gasteiger partial charge in [0, 0.05) is 42.2 Å². The van der Waals surface area contributed by atoms with Crippen molar-refractivity contribution in [1.29, 1.82) is 0 Å². The van der Waals surface area contributed by atoms with Gasteiger partial charge in [-0.15, -0.1) is 0 Å². The molecule has 2 amide bonds. The summed E-state index contributed by atoms with van der Waals surface area (Å²) in [7, 11) is 1.75. The third kappa shape index (κ3) is 3.80. The standard InChI is InChI=1S/C25H26N4O3/c1-14-17-5-3-4-6-21(17)32-22(14)13-29(2)23(30)8-7-15-9-16-10-19(18-11-20(18)26)25(31)28-24(16)27-12-15/h3-9,12,18-20H,10-11,13,26H2,1-2H3,(H,27,28,31)/b8-7+. The van der Waals surface area contributed by atoms with Crippen LogP contribution >= 0.6 is 0 Å². The molecule has 0 spiro atoms. The van der Waals surface area contributed by atoms with Gasteiger partial charge in [-0.2, -0.15) is 0 Å². The highest BCUT2D eigenvalue weighted by Gasteiger charge is 2.45. The quantitative estimate of drug-likeness (QED) is 0.605. The number of para-hydroxylation sites is 1. The normalized spacial score (nSPS) is 22.1. The van der Waals surface area contributed by atoms with Gasteiger partial charge >= 0.3 is 0 Å². The van der Waals surface area contributed by atoms with Crippen molar-refractivity contribution in [3.05, 3.63) is 65.1 Å². The number of amides is 2. The second-order valence-corrected chi connectivity index (χ2v) is 8.81. The molecule has 3 aromatic rings. The summed E-state index contributed by atoms with van der Waals surface area (Å²) in [6.07, 6.45) is 6.48. The van der Waals surface area contributed by atoms with Gasteiger partial charge < -0.3 is 20.4 Å². The number of nitrogens with one attached hydrogen (secondary N) is 1. The van der Waals surface area contributed by atoms with Crippen LogP contribution in [-0.2, 0) is 22.6 Å². The number of aromatic nitrogens is 1. The van der Waals surface area contributed by atoms with E-state index < -0.39 is 0 Å². The highest BCUT2D eigenvalue weighted by atomic mass is 16.3. The van der Waals surface area contributed by atoms with Crippen molar-refractivity contribution in [3.63, 3.8) is 0 Å². The Morgan fingerprint density at radius 2 is 2.16 bits per heavy atom. The van der Waals surface area contributed by atoms with Crippen molar-refractivity contribution in [2.24, 2.45) is 17.6 Å². The number of pyridine rings is 1. The summed E-state index contributed by atoms with van der Waals surface area (Å²) >= 11 is 0. The predicted molar refractivity (Wildman–Crippen MR) is 123 cm³/mol. The Bertz CT molecular complexity index is 1250. The second-order valence-electron chi connectivity index (χ2n) is 8.81. The van der Waals surface area contributed by atoms with E-state index in [1.807, 2.05) is 37.3 Å². The summed E-state index contributed by atoms with van der Waals surface area (Å²) in [5, 5.41) is 3.96. The Morgan fingerprint density at radius 3 is 2.91 bits per heavy atom. The van der Waals surface area contributed by atoms with Crippen LogP contribution in [0.4, 0.5) is 5.82 Å². The lowest BCUT2D eigenvalue weighted by Gasteiger charge is -2.24. The summed E-state index contributed by atoms with van der Waals surface area (Å²) < 4.78 is 5.92. The number of nitrogens with two attached hydrogens (primary N) is 1. The summed E-state index contributed by atoms with van der Waals surface area (Å²) in [6, 6.07) is 9.96. The van der Waals surface area contributed by atoms with E-state index >= 15 is 0 Å². The van der Waals surface area contributed by atoms with Gasteiger partial charge in [-0.3, -0.25) is 9.59 Å². The van der Waals surface area contributed by atoms with Crippen LogP contribution in [0, 0.1) is 18.8 Å². The van der Waals surface area contributed by atoms with E-state index in [4.69, 9.17) is 10.2 Å². The molecule has 1 aromatic carbocycles. The SMILES string of the molecule is Cc1c(CN(C)C(=O)/C=C/c2cnc3c(c2)CC(C2CC2N)C(=O)N3)oc2ccccc12. The van der Waals surface area contributed by atoms with Crippen LogP contribution in [0.25, 0.3) is 17.0 Å². The zero-order valence-corrected chi connectivity index (χ0v) is 18.2. The summed E-state index contributed by atoms with van der Waals surface area (Å²) in [5.74, 6) is 1.41. The molecule has 3 heterocycles. The summed E-state index contributed by atoms with van der Waals surface area (Å²) in [6.45, 7) is 2.40. The molecule has 7 nitrogen and oxygen atoms in total. The minimum Gasteiger partial charge on any atom is -0.459 e. The van der Waals surface area contributed by atoms with Gasteiger partial charge in [0.2, 0.25) is 11.8 Å². The number of fused-ring (bicyclic) bond motifs is 2. The maximum atomic E-state index is 12.7. The molecule has 1 fully saturated rings. The number of carbonyl (C=O) groups is 2. The first-order chi connectivity index (χ1) is 15.4. The molecule has 0 bridgehead atoms. The minimum atomic E-state index is -0.127. The third-order valence-electron chi connectivity index (χ3n) is 6.53. The van der Waals surface area contributed by atoms with E-state index in [0.717, 1.165) is 39.8 Å². The smallest absolute Gasteiger partial charge is 0.246 e. The largest absolute Gasteiger partial charge is 0.459 e. The fourth-order valence-corrected chi connectivity index (χ4v) is 4.44. The first-order valence-corrected chi connectivity index (χ1v) is 10.9. The van der Waals surface area contributed by atoms with Crippen LogP contribution in [0.1, 0.15) is 28.9 Å². The molecule has 5 rings (SSSR count). The fraction of sp³-hybridized carbons (Fsp3) is 0.320. The molecule has 3 atom stereocenters. The second kappa shape index (κ2) is 7.91. The number of aryl methyl sites for hydroxylation is 1. The van der Waals surface area contributed by atoms with E-state index in [0.29, 0.717) is 18.8 Å². The maximum Gasteiger partial charge on any atom is 0.246 e. The van der Waals surface area contributed by atoms with E-state index in [-0.39, 0.29) is 29.7 Å². The molecule has 1 aliphatic heterocycles. The van der Waals surface area contributed by atoms with Crippen molar-refractivity contribution < 1.29 is 14.0 Å².